The average Bonchev–Trinajstić information content (AvgIpc) is 3.10. The number of aromatic nitrogens is 3. The van der Waals surface area contributed by atoms with E-state index in [1.807, 2.05) is 18.4 Å². The first-order chi connectivity index (χ1) is 9.70. The summed E-state index contributed by atoms with van der Waals surface area (Å²) in [4.78, 5) is 16.2. The molecule has 1 aliphatic rings. The highest BCUT2D eigenvalue weighted by atomic mass is 32.1. The number of nitrogens with zero attached hydrogens (tertiary/aromatic N) is 2. The predicted molar refractivity (Wildman–Crippen MR) is 78.7 cm³/mol. The van der Waals surface area contributed by atoms with Crippen LogP contribution in [0, 0.1) is 13.3 Å². The van der Waals surface area contributed by atoms with Gasteiger partial charge >= 0.3 is 0 Å². The fourth-order valence-corrected chi connectivity index (χ4v) is 3.23. The minimum Gasteiger partial charge on any atom is -0.309 e. The lowest BCUT2D eigenvalue weighted by Crippen LogP contribution is -2.14. The maximum atomic E-state index is 11.9. The van der Waals surface area contributed by atoms with Gasteiger partial charge in [-0.3, -0.25) is 9.89 Å². The highest BCUT2D eigenvalue weighted by Crippen LogP contribution is 2.32. The summed E-state index contributed by atoms with van der Waals surface area (Å²) in [5.74, 6) is 1.05. The van der Waals surface area contributed by atoms with Gasteiger partial charge in [0.25, 0.3) is 0 Å². The molecule has 2 aromatic rings. The Kier molecular flexibility index (Phi) is 3.82. The van der Waals surface area contributed by atoms with Gasteiger partial charge in [-0.05, 0) is 32.6 Å². The number of nitrogens with one attached hydrogen (secondary N) is 2. The summed E-state index contributed by atoms with van der Waals surface area (Å²) in [6.07, 6.45) is 6.02. The van der Waals surface area contributed by atoms with Crippen LogP contribution in [-0.4, -0.2) is 21.1 Å². The molecule has 1 amide bonds. The number of thiazole rings is 1. The molecule has 1 radical (unpaired) electrons. The Morgan fingerprint density at radius 2 is 2.50 bits per heavy atom. The summed E-state index contributed by atoms with van der Waals surface area (Å²) in [6, 6.07) is 1.94. The Hall–Kier alpha value is -1.69. The van der Waals surface area contributed by atoms with Crippen molar-refractivity contribution in [3.05, 3.63) is 34.3 Å². The molecule has 1 atom stereocenters. The van der Waals surface area contributed by atoms with E-state index in [1.165, 1.54) is 11.3 Å². The lowest BCUT2D eigenvalue weighted by Gasteiger charge is -2.03. The van der Waals surface area contributed by atoms with E-state index >= 15 is 0 Å². The van der Waals surface area contributed by atoms with Crippen molar-refractivity contribution in [2.24, 2.45) is 0 Å². The van der Waals surface area contributed by atoms with E-state index in [4.69, 9.17) is 0 Å². The molecule has 5 nitrogen and oxygen atoms in total. The first-order valence-electron chi connectivity index (χ1n) is 6.78. The van der Waals surface area contributed by atoms with Crippen molar-refractivity contribution in [2.45, 2.75) is 38.5 Å². The van der Waals surface area contributed by atoms with Crippen molar-refractivity contribution in [1.82, 2.24) is 15.2 Å². The standard InChI is InChI=1S/C14H17N4OS/c1-9-8-20-14(15-9)7-13(19)16-12-6-11(17-18-12)10-4-2-3-5-10/h2,6,8,10H,3-5,7H2,1H3,(H2,16,17,18,19)/t10-/m0/s1. The summed E-state index contributed by atoms with van der Waals surface area (Å²) >= 11 is 1.51. The molecule has 0 unspecified atom stereocenters. The predicted octanol–water partition coefficient (Wildman–Crippen LogP) is 2.83. The van der Waals surface area contributed by atoms with Crippen molar-refractivity contribution >= 4 is 23.1 Å². The van der Waals surface area contributed by atoms with Crippen LogP contribution in [0.5, 0.6) is 0 Å². The maximum Gasteiger partial charge on any atom is 0.232 e. The lowest BCUT2D eigenvalue weighted by molar-refractivity contribution is -0.115. The summed E-state index contributed by atoms with van der Waals surface area (Å²) < 4.78 is 0. The van der Waals surface area contributed by atoms with Crippen molar-refractivity contribution in [2.75, 3.05) is 5.32 Å². The Morgan fingerprint density at radius 1 is 1.60 bits per heavy atom. The number of anilines is 1. The Balaban J connectivity index is 1.58. The lowest BCUT2D eigenvalue weighted by atomic mass is 10.0. The third-order valence-electron chi connectivity index (χ3n) is 3.45. The highest BCUT2D eigenvalue weighted by molar-refractivity contribution is 7.09. The van der Waals surface area contributed by atoms with Crippen LogP contribution in [0.1, 0.15) is 41.6 Å². The molecule has 105 valence electrons. The normalized spacial score (nSPS) is 15.7. The third-order valence-corrected chi connectivity index (χ3v) is 4.42. The number of aryl methyl sites for hydroxylation is 1. The topological polar surface area (TPSA) is 70.7 Å². The van der Waals surface area contributed by atoms with E-state index < -0.39 is 0 Å². The molecule has 6 heteroatoms. The SMILES string of the molecule is Cc1csc(CC(=O)Nc2cc([C@H]3C[CH]CC3)[nH]n2)n1. The van der Waals surface area contributed by atoms with Crippen LogP contribution in [0.25, 0.3) is 0 Å². The molecule has 1 aliphatic carbocycles. The second kappa shape index (κ2) is 5.75. The molecule has 0 aliphatic heterocycles. The molecule has 0 aromatic carbocycles. The molecule has 1 fully saturated rings. The smallest absolute Gasteiger partial charge is 0.232 e. The minimum atomic E-state index is -0.0737. The summed E-state index contributed by atoms with van der Waals surface area (Å²) in [6.45, 7) is 1.93. The quantitative estimate of drug-likeness (QED) is 0.909. The average molecular weight is 289 g/mol. The summed E-state index contributed by atoms with van der Waals surface area (Å²) in [5.41, 5.74) is 2.07. The molecule has 0 saturated heterocycles. The fraction of sp³-hybridized carbons (Fsp3) is 0.429. The van der Waals surface area contributed by atoms with E-state index in [9.17, 15) is 4.79 Å². The van der Waals surface area contributed by atoms with Gasteiger partial charge in [-0.1, -0.05) is 0 Å². The zero-order valence-electron chi connectivity index (χ0n) is 11.3. The molecular weight excluding hydrogens is 272 g/mol. The van der Waals surface area contributed by atoms with Gasteiger partial charge in [0.05, 0.1) is 6.42 Å². The van der Waals surface area contributed by atoms with Gasteiger partial charge in [-0.15, -0.1) is 11.3 Å². The van der Waals surface area contributed by atoms with Crippen molar-refractivity contribution in [3.8, 4) is 0 Å². The van der Waals surface area contributed by atoms with Gasteiger partial charge in [-0.25, -0.2) is 4.98 Å². The van der Waals surface area contributed by atoms with Crippen LogP contribution >= 0.6 is 11.3 Å². The van der Waals surface area contributed by atoms with E-state index in [2.05, 4.69) is 26.9 Å². The van der Waals surface area contributed by atoms with Crippen molar-refractivity contribution in [1.29, 1.82) is 0 Å². The Labute approximate surface area is 121 Å². The molecule has 2 aromatic heterocycles. The van der Waals surface area contributed by atoms with Crippen molar-refractivity contribution < 1.29 is 4.79 Å². The van der Waals surface area contributed by atoms with Gasteiger partial charge in [0.2, 0.25) is 5.91 Å². The van der Waals surface area contributed by atoms with Gasteiger partial charge in [-0.2, -0.15) is 5.10 Å². The Bertz CT molecular complexity index is 598. The van der Waals surface area contributed by atoms with Crippen LogP contribution < -0.4 is 5.32 Å². The van der Waals surface area contributed by atoms with Crippen molar-refractivity contribution in [3.63, 3.8) is 0 Å². The number of carbonyl (C=O) groups excluding carboxylic acids is 1. The summed E-state index contributed by atoms with van der Waals surface area (Å²) in [5, 5.41) is 12.8. The van der Waals surface area contributed by atoms with Crippen LogP contribution in [0.2, 0.25) is 0 Å². The highest BCUT2D eigenvalue weighted by Gasteiger charge is 2.19. The second-order valence-electron chi connectivity index (χ2n) is 5.11. The fourth-order valence-electron chi connectivity index (χ4n) is 2.46. The summed E-state index contributed by atoms with van der Waals surface area (Å²) in [7, 11) is 0. The molecule has 20 heavy (non-hydrogen) atoms. The third kappa shape index (κ3) is 3.07. The number of hydrogen-bond donors (Lipinski definition) is 2. The second-order valence-corrected chi connectivity index (χ2v) is 6.06. The largest absolute Gasteiger partial charge is 0.309 e. The van der Waals surface area contributed by atoms with Gasteiger partial charge in [0, 0.05) is 28.8 Å². The van der Waals surface area contributed by atoms with Crippen LogP contribution in [-0.2, 0) is 11.2 Å². The maximum absolute atomic E-state index is 11.9. The first-order valence-corrected chi connectivity index (χ1v) is 7.66. The zero-order chi connectivity index (χ0) is 13.9. The number of hydrogen-bond acceptors (Lipinski definition) is 4. The van der Waals surface area contributed by atoms with Gasteiger partial charge in [0.1, 0.15) is 5.01 Å². The molecule has 0 bridgehead atoms. The number of carbonyl (C=O) groups is 1. The molecular formula is C14H17N4OS. The zero-order valence-corrected chi connectivity index (χ0v) is 12.2. The number of amides is 1. The molecule has 2 heterocycles. The molecule has 3 rings (SSSR count). The first kappa shape index (κ1) is 13.3. The van der Waals surface area contributed by atoms with Gasteiger partial charge < -0.3 is 5.32 Å². The van der Waals surface area contributed by atoms with Crippen LogP contribution in [0.3, 0.4) is 0 Å². The number of H-pyrrole nitrogens is 1. The van der Waals surface area contributed by atoms with E-state index in [0.717, 1.165) is 35.7 Å². The number of aromatic amines is 1. The van der Waals surface area contributed by atoms with E-state index in [1.54, 1.807) is 0 Å². The van der Waals surface area contributed by atoms with Gasteiger partial charge in [0.15, 0.2) is 5.82 Å². The van der Waals surface area contributed by atoms with Crippen LogP contribution in [0.15, 0.2) is 11.4 Å². The minimum absolute atomic E-state index is 0.0737. The molecule has 2 N–H and O–H groups in total. The Morgan fingerprint density at radius 3 is 3.20 bits per heavy atom. The monoisotopic (exact) mass is 289 g/mol. The molecule has 1 saturated carbocycles. The number of rotatable bonds is 4. The van der Waals surface area contributed by atoms with E-state index in [0.29, 0.717) is 18.2 Å². The van der Waals surface area contributed by atoms with Crippen LogP contribution in [0.4, 0.5) is 5.82 Å². The van der Waals surface area contributed by atoms with E-state index in [-0.39, 0.29) is 5.91 Å². The molecule has 0 spiro atoms.